The Balaban J connectivity index is 1.47. The van der Waals surface area contributed by atoms with Crippen LogP contribution in [-0.2, 0) is 4.79 Å². The Labute approximate surface area is 225 Å². The fourth-order valence-electron chi connectivity index (χ4n) is 5.16. The van der Waals surface area contributed by atoms with Crippen LogP contribution in [0.2, 0.25) is 0 Å². The van der Waals surface area contributed by atoms with Crippen LogP contribution in [-0.4, -0.2) is 22.8 Å². The number of nitrogens with zero attached hydrogens (tertiary/aromatic N) is 2. The largest absolute Gasteiger partial charge is 0.465 e. The Kier molecular flexibility index (Phi) is 6.06. The van der Waals surface area contributed by atoms with Crippen LogP contribution >= 0.6 is 11.3 Å². The van der Waals surface area contributed by atoms with Gasteiger partial charge in [0.1, 0.15) is 17.4 Å². The number of halogens is 2. The van der Waals surface area contributed by atoms with E-state index in [0.29, 0.717) is 26.3 Å². The van der Waals surface area contributed by atoms with E-state index in [0.717, 1.165) is 11.1 Å². The zero-order chi connectivity index (χ0) is 27.3. The summed E-state index contributed by atoms with van der Waals surface area (Å²) in [6.45, 7) is 0.749. The van der Waals surface area contributed by atoms with Crippen molar-refractivity contribution < 1.29 is 23.0 Å². The van der Waals surface area contributed by atoms with Crippen molar-refractivity contribution in [1.82, 2.24) is 4.57 Å². The van der Waals surface area contributed by atoms with Crippen LogP contribution in [0.5, 0.6) is 11.5 Å². The number of carbonyl (C=O) groups is 1. The second-order valence-electron chi connectivity index (χ2n) is 9.55. The number of aromatic nitrogens is 1. The first-order valence-electron chi connectivity index (χ1n) is 12.3. The summed E-state index contributed by atoms with van der Waals surface area (Å²) >= 11 is 1.19. The number of anilines is 1. The second-order valence-corrected chi connectivity index (χ2v) is 10.6. The molecule has 3 atom stereocenters. The third-order valence-corrected chi connectivity index (χ3v) is 7.95. The number of ether oxygens (including phenoxy) is 2. The van der Waals surface area contributed by atoms with Gasteiger partial charge in [-0.3, -0.25) is 14.2 Å². The maximum Gasteiger partial charge on any atom is 0.387 e. The molecule has 0 radical (unpaired) electrons. The van der Waals surface area contributed by atoms with Crippen molar-refractivity contribution in [3.05, 3.63) is 109 Å². The van der Waals surface area contributed by atoms with Gasteiger partial charge in [0.05, 0.1) is 10.6 Å². The van der Waals surface area contributed by atoms with Crippen LogP contribution in [0.1, 0.15) is 29.7 Å². The fourth-order valence-corrected chi connectivity index (χ4v) is 6.26. The summed E-state index contributed by atoms with van der Waals surface area (Å²) < 4.78 is 37.7. The van der Waals surface area contributed by atoms with Gasteiger partial charge in [-0.25, -0.2) is 4.99 Å². The number of hydrogen-bond donors (Lipinski definition) is 1. The molecule has 1 amide bonds. The zero-order valence-corrected chi connectivity index (χ0v) is 21.7. The number of thiazole rings is 1. The van der Waals surface area contributed by atoms with Gasteiger partial charge in [0.15, 0.2) is 4.80 Å². The molecule has 7 nitrogen and oxygen atoms in total. The number of alkyl halides is 2. The molecule has 0 spiro atoms. The number of benzene rings is 3. The van der Waals surface area contributed by atoms with E-state index >= 15 is 0 Å². The predicted octanol–water partition coefficient (Wildman–Crippen LogP) is 4.23. The molecule has 198 valence electrons. The van der Waals surface area contributed by atoms with E-state index < -0.39 is 24.3 Å². The Morgan fingerprint density at radius 3 is 2.59 bits per heavy atom. The summed E-state index contributed by atoms with van der Waals surface area (Å²) in [6.07, 6.45) is 1.67. The Morgan fingerprint density at radius 1 is 1.13 bits per heavy atom. The smallest absolute Gasteiger partial charge is 0.387 e. The number of hydrogen-bond acceptors (Lipinski definition) is 6. The summed E-state index contributed by atoms with van der Waals surface area (Å²) in [7, 11) is 0. The second kappa shape index (κ2) is 9.46. The van der Waals surface area contributed by atoms with Gasteiger partial charge in [-0.1, -0.05) is 59.9 Å². The van der Waals surface area contributed by atoms with Crippen molar-refractivity contribution in [3.8, 4) is 11.5 Å². The lowest BCUT2D eigenvalue weighted by Crippen LogP contribution is -2.59. The molecule has 0 fully saturated rings. The van der Waals surface area contributed by atoms with Crippen molar-refractivity contribution in [3.63, 3.8) is 0 Å². The van der Waals surface area contributed by atoms with Gasteiger partial charge in [-0.05, 0) is 55.3 Å². The molecule has 4 aromatic rings. The maximum atomic E-state index is 13.8. The van der Waals surface area contributed by atoms with E-state index in [1.807, 2.05) is 55.5 Å². The van der Waals surface area contributed by atoms with Crippen LogP contribution in [0.15, 0.2) is 82.6 Å². The van der Waals surface area contributed by atoms with Gasteiger partial charge in [-0.15, -0.1) is 0 Å². The Hall–Kier alpha value is -4.31. The molecule has 10 heteroatoms. The monoisotopic (exact) mass is 547 g/mol. The molecule has 39 heavy (non-hydrogen) atoms. The lowest BCUT2D eigenvalue weighted by molar-refractivity contribution is -0.131. The van der Waals surface area contributed by atoms with Crippen molar-refractivity contribution in [1.29, 1.82) is 0 Å². The summed E-state index contributed by atoms with van der Waals surface area (Å²) in [6, 6.07) is 20.2. The number of rotatable bonds is 5. The molecule has 3 unspecified atom stereocenters. The minimum absolute atomic E-state index is 0.0253. The van der Waals surface area contributed by atoms with E-state index in [4.69, 9.17) is 9.73 Å². The predicted molar refractivity (Wildman–Crippen MR) is 143 cm³/mol. The van der Waals surface area contributed by atoms with Gasteiger partial charge >= 0.3 is 6.61 Å². The molecule has 2 aliphatic heterocycles. The van der Waals surface area contributed by atoms with Crippen molar-refractivity contribution in [2.45, 2.75) is 32.2 Å². The van der Waals surface area contributed by atoms with E-state index in [9.17, 15) is 18.4 Å². The van der Waals surface area contributed by atoms with E-state index in [2.05, 4.69) is 10.1 Å². The third kappa shape index (κ3) is 4.40. The lowest BCUT2D eigenvalue weighted by Gasteiger charge is -2.45. The average Bonchev–Trinajstić information content (AvgIpc) is 3.18. The quantitative estimate of drug-likeness (QED) is 0.406. The molecule has 0 aliphatic carbocycles. The standard InChI is InChI=1S/C29H23F2N3O4S/c1-16-7-3-5-9-20(16)32-25(35)23-24-19-8-4-6-10-21(19)38-29(23,2)33-28-34(24)26(36)22(39-28)15-17-11-13-18(14-12-17)37-27(30)31/h3-15,23-24,27H,1-2H3,(H,32,35). The highest BCUT2D eigenvalue weighted by atomic mass is 32.1. The Morgan fingerprint density at radius 2 is 1.85 bits per heavy atom. The summed E-state index contributed by atoms with van der Waals surface area (Å²) in [5, 5.41) is 3.02. The summed E-state index contributed by atoms with van der Waals surface area (Å²) in [5.74, 6) is -0.542. The highest BCUT2D eigenvalue weighted by molar-refractivity contribution is 7.07. The average molecular weight is 548 g/mol. The normalized spacial score (nSPS) is 21.4. The van der Waals surface area contributed by atoms with Gasteiger partial charge in [0, 0.05) is 11.3 Å². The number of nitrogens with one attached hydrogen (secondary N) is 1. The van der Waals surface area contributed by atoms with Gasteiger partial charge in [-0.2, -0.15) is 8.78 Å². The van der Waals surface area contributed by atoms with Gasteiger partial charge < -0.3 is 14.8 Å². The van der Waals surface area contributed by atoms with Gasteiger partial charge in [0.25, 0.3) is 5.56 Å². The van der Waals surface area contributed by atoms with Crippen LogP contribution in [0.3, 0.4) is 0 Å². The van der Waals surface area contributed by atoms with Crippen molar-refractivity contribution in [2.75, 3.05) is 5.32 Å². The van der Waals surface area contributed by atoms with Crippen LogP contribution in [0.4, 0.5) is 14.5 Å². The molecule has 0 saturated carbocycles. The first-order chi connectivity index (χ1) is 18.7. The number of para-hydroxylation sites is 2. The van der Waals surface area contributed by atoms with Crippen LogP contribution < -0.4 is 29.7 Å². The topological polar surface area (TPSA) is 81.9 Å². The molecule has 0 saturated heterocycles. The van der Waals surface area contributed by atoms with E-state index in [1.165, 1.54) is 23.5 Å². The van der Waals surface area contributed by atoms with Crippen LogP contribution in [0.25, 0.3) is 6.08 Å². The van der Waals surface area contributed by atoms with Gasteiger partial charge in [0.2, 0.25) is 11.6 Å². The molecular weight excluding hydrogens is 524 g/mol. The molecule has 6 rings (SSSR count). The third-order valence-electron chi connectivity index (χ3n) is 6.97. The van der Waals surface area contributed by atoms with Crippen LogP contribution in [0, 0.1) is 12.8 Å². The SMILES string of the molecule is Cc1ccccc1NC(=O)C1C2c3ccccc3OC1(C)N=c1sc(=Cc3ccc(OC(F)F)cc3)c(=O)n12. The highest BCUT2D eigenvalue weighted by Crippen LogP contribution is 2.47. The molecule has 2 aliphatic rings. The minimum Gasteiger partial charge on any atom is -0.465 e. The lowest BCUT2D eigenvalue weighted by atomic mass is 9.80. The molecule has 2 bridgehead atoms. The number of carbonyl (C=O) groups excluding carboxylic acids is 1. The fraction of sp³-hybridized carbons (Fsp3) is 0.207. The maximum absolute atomic E-state index is 13.8. The van der Waals surface area contributed by atoms with E-state index in [1.54, 1.807) is 29.7 Å². The first kappa shape index (κ1) is 25.0. The summed E-state index contributed by atoms with van der Waals surface area (Å²) in [4.78, 5) is 32.9. The molecule has 3 heterocycles. The number of amides is 1. The van der Waals surface area contributed by atoms with Crippen molar-refractivity contribution >= 4 is 29.0 Å². The molecule has 1 aromatic heterocycles. The minimum atomic E-state index is -2.92. The first-order valence-corrected chi connectivity index (χ1v) is 13.1. The number of aryl methyl sites for hydroxylation is 1. The molecular formula is C29H23F2N3O4S. The Bertz CT molecular complexity index is 1770. The zero-order valence-electron chi connectivity index (χ0n) is 20.9. The number of fused-ring (bicyclic) bond motifs is 6. The van der Waals surface area contributed by atoms with E-state index in [-0.39, 0.29) is 17.2 Å². The van der Waals surface area contributed by atoms with Crippen molar-refractivity contribution in [2.24, 2.45) is 10.9 Å². The molecule has 1 N–H and O–H groups in total. The highest BCUT2D eigenvalue weighted by Gasteiger charge is 2.55. The molecule has 3 aromatic carbocycles. The summed E-state index contributed by atoms with van der Waals surface area (Å²) in [5.41, 5.74) is 1.38.